The van der Waals surface area contributed by atoms with Crippen molar-refractivity contribution < 1.29 is 28.5 Å². The minimum Gasteiger partial charge on any atom is -0.493 e. The maximum Gasteiger partial charge on any atom is 0.343 e. The number of nitrogens with one attached hydrogen (secondary N) is 1. The van der Waals surface area contributed by atoms with E-state index in [2.05, 4.69) is 10.1 Å². The van der Waals surface area contributed by atoms with Gasteiger partial charge in [0.25, 0.3) is 5.91 Å². The van der Waals surface area contributed by atoms with E-state index < -0.39 is 5.97 Å². The fourth-order valence-electron chi connectivity index (χ4n) is 2.93. The number of hydrogen-bond donors (Lipinski definition) is 1. The molecule has 32 heavy (non-hydrogen) atoms. The van der Waals surface area contributed by atoms with Crippen molar-refractivity contribution in [2.24, 2.45) is 0 Å². The van der Waals surface area contributed by atoms with Gasteiger partial charge in [0, 0.05) is 17.7 Å². The second-order valence-corrected chi connectivity index (χ2v) is 6.80. The van der Waals surface area contributed by atoms with Crippen molar-refractivity contribution >= 4 is 11.9 Å². The largest absolute Gasteiger partial charge is 0.493 e. The minimum absolute atomic E-state index is 0.252. The monoisotopic (exact) mass is 435 g/mol. The summed E-state index contributed by atoms with van der Waals surface area (Å²) in [5.74, 6) is 0.603. The summed E-state index contributed by atoms with van der Waals surface area (Å²) >= 11 is 0. The van der Waals surface area contributed by atoms with Crippen LogP contribution in [0.2, 0.25) is 0 Å². The summed E-state index contributed by atoms with van der Waals surface area (Å²) in [4.78, 5) is 24.0. The number of benzene rings is 3. The van der Waals surface area contributed by atoms with Crippen LogP contribution >= 0.6 is 0 Å². The summed E-state index contributed by atoms with van der Waals surface area (Å²) in [5, 5.41) is 2.89. The first-order valence-electron chi connectivity index (χ1n) is 10.0. The molecule has 1 amide bonds. The zero-order valence-electron chi connectivity index (χ0n) is 18.0. The molecule has 3 aromatic rings. The molecule has 0 spiro atoms. The average molecular weight is 435 g/mol. The molecule has 7 heteroatoms. The summed E-state index contributed by atoms with van der Waals surface area (Å²) in [5.41, 5.74) is 2.32. The third kappa shape index (κ3) is 6.25. The van der Waals surface area contributed by atoms with Gasteiger partial charge in [-0.1, -0.05) is 48.5 Å². The predicted molar refractivity (Wildman–Crippen MR) is 119 cm³/mol. The molecule has 0 atom stereocenters. The lowest BCUT2D eigenvalue weighted by molar-refractivity contribution is -0.142. The quantitative estimate of drug-likeness (QED) is 0.489. The molecule has 0 aliphatic carbocycles. The SMILES string of the molecule is COC(=O)COc1ccc(C(=O)NCc2ccccc2OCc2ccccc2)cc1OC. The molecule has 7 nitrogen and oxygen atoms in total. The van der Waals surface area contributed by atoms with Crippen LogP contribution < -0.4 is 19.5 Å². The molecule has 166 valence electrons. The highest BCUT2D eigenvalue weighted by Gasteiger charge is 2.13. The van der Waals surface area contributed by atoms with Gasteiger partial charge in [-0.2, -0.15) is 0 Å². The molecule has 0 fully saturated rings. The lowest BCUT2D eigenvalue weighted by Crippen LogP contribution is -2.23. The summed E-state index contributed by atoms with van der Waals surface area (Å²) in [7, 11) is 2.74. The number of para-hydroxylation sites is 1. The van der Waals surface area contributed by atoms with Crippen LogP contribution in [0.3, 0.4) is 0 Å². The molecule has 0 saturated carbocycles. The molecular formula is C25H25NO6. The predicted octanol–water partition coefficient (Wildman–Crippen LogP) is 3.76. The van der Waals surface area contributed by atoms with Gasteiger partial charge in [0.15, 0.2) is 18.1 Å². The highest BCUT2D eigenvalue weighted by atomic mass is 16.6. The van der Waals surface area contributed by atoms with Crippen molar-refractivity contribution in [3.8, 4) is 17.2 Å². The van der Waals surface area contributed by atoms with E-state index in [4.69, 9.17) is 14.2 Å². The van der Waals surface area contributed by atoms with Gasteiger partial charge in [0.05, 0.1) is 14.2 Å². The summed E-state index contributed by atoms with van der Waals surface area (Å²) in [6.07, 6.45) is 0. The van der Waals surface area contributed by atoms with Crippen molar-refractivity contribution in [2.75, 3.05) is 20.8 Å². The minimum atomic E-state index is -0.512. The van der Waals surface area contributed by atoms with Gasteiger partial charge in [0.1, 0.15) is 12.4 Å². The van der Waals surface area contributed by atoms with E-state index >= 15 is 0 Å². The Balaban J connectivity index is 1.62. The van der Waals surface area contributed by atoms with Crippen molar-refractivity contribution in [3.63, 3.8) is 0 Å². The van der Waals surface area contributed by atoms with Crippen molar-refractivity contribution in [3.05, 3.63) is 89.5 Å². The van der Waals surface area contributed by atoms with E-state index in [1.165, 1.54) is 14.2 Å². The Morgan fingerprint density at radius 2 is 1.56 bits per heavy atom. The number of rotatable bonds is 10. The van der Waals surface area contributed by atoms with Crippen LogP contribution in [0.5, 0.6) is 17.2 Å². The number of carbonyl (C=O) groups is 2. The molecule has 0 aliphatic rings. The molecule has 0 heterocycles. The normalized spacial score (nSPS) is 10.2. The number of hydrogen-bond acceptors (Lipinski definition) is 6. The van der Waals surface area contributed by atoms with Crippen LogP contribution in [0.4, 0.5) is 0 Å². The lowest BCUT2D eigenvalue weighted by Gasteiger charge is -2.14. The van der Waals surface area contributed by atoms with Gasteiger partial charge in [-0.15, -0.1) is 0 Å². The maximum absolute atomic E-state index is 12.7. The molecule has 3 rings (SSSR count). The van der Waals surface area contributed by atoms with Crippen LogP contribution in [0, 0.1) is 0 Å². The fraction of sp³-hybridized carbons (Fsp3) is 0.200. The number of ether oxygens (including phenoxy) is 4. The first-order valence-corrected chi connectivity index (χ1v) is 10.0. The number of carbonyl (C=O) groups excluding carboxylic acids is 2. The molecule has 0 bridgehead atoms. The first kappa shape index (κ1) is 22.7. The van der Waals surface area contributed by atoms with Gasteiger partial charge < -0.3 is 24.3 Å². The van der Waals surface area contributed by atoms with Gasteiger partial charge >= 0.3 is 5.97 Å². The van der Waals surface area contributed by atoms with Crippen LogP contribution in [0.1, 0.15) is 21.5 Å². The second-order valence-electron chi connectivity index (χ2n) is 6.80. The molecular weight excluding hydrogens is 410 g/mol. The van der Waals surface area contributed by atoms with E-state index in [0.717, 1.165) is 11.1 Å². The Hall–Kier alpha value is -4.00. The van der Waals surface area contributed by atoms with Crippen LogP contribution in [0.25, 0.3) is 0 Å². The van der Waals surface area contributed by atoms with Crippen molar-refractivity contribution in [1.29, 1.82) is 0 Å². The highest BCUT2D eigenvalue weighted by Crippen LogP contribution is 2.28. The van der Waals surface area contributed by atoms with Crippen LogP contribution in [-0.2, 0) is 22.7 Å². The standard InChI is InChI=1S/C25H25NO6/c1-29-23-14-19(12-13-22(23)32-17-24(27)30-2)25(28)26-15-20-10-6-7-11-21(20)31-16-18-8-4-3-5-9-18/h3-14H,15-17H2,1-2H3,(H,26,28). The Kier molecular flexibility index (Phi) is 8.09. The molecule has 0 aliphatic heterocycles. The molecule has 0 radical (unpaired) electrons. The van der Waals surface area contributed by atoms with Gasteiger partial charge in [-0.05, 0) is 29.8 Å². The van der Waals surface area contributed by atoms with Crippen LogP contribution in [0.15, 0.2) is 72.8 Å². The average Bonchev–Trinajstić information content (AvgIpc) is 2.85. The van der Waals surface area contributed by atoms with E-state index in [-0.39, 0.29) is 12.5 Å². The zero-order chi connectivity index (χ0) is 22.8. The smallest absolute Gasteiger partial charge is 0.343 e. The van der Waals surface area contributed by atoms with E-state index in [1.807, 2.05) is 54.6 Å². The number of methoxy groups -OCH3 is 2. The Morgan fingerprint density at radius 1 is 0.812 bits per heavy atom. The van der Waals surface area contributed by atoms with E-state index in [0.29, 0.717) is 36.0 Å². The third-order valence-corrected chi connectivity index (χ3v) is 4.65. The topological polar surface area (TPSA) is 83.1 Å². The van der Waals surface area contributed by atoms with E-state index in [1.54, 1.807) is 18.2 Å². The van der Waals surface area contributed by atoms with Crippen LogP contribution in [-0.4, -0.2) is 32.7 Å². The van der Waals surface area contributed by atoms with Crippen molar-refractivity contribution in [2.45, 2.75) is 13.2 Å². The van der Waals surface area contributed by atoms with Crippen molar-refractivity contribution in [1.82, 2.24) is 5.32 Å². The molecule has 0 aromatic heterocycles. The van der Waals surface area contributed by atoms with Gasteiger partial charge in [-0.3, -0.25) is 4.79 Å². The Morgan fingerprint density at radius 3 is 2.31 bits per heavy atom. The fourth-order valence-corrected chi connectivity index (χ4v) is 2.93. The second kappa shape index (κ2) is 11.4. The van der Waals surface area contributed by atoms with E-state index in [9.17, 15) is 9.59 Å². The Labute approximate surface area is 186 Å². The Bertz CT molecular complexity index is 1050. The van der Waals surface area contributed by atoms with Gasteiger partial charge in [-0.25, -0.2) is 4.79 Å². The maximum atomic E-state index is 12.7. The number of esters is 1. The summed E-state index contributed by atoms with van der Waals surface area (Å²) in [6, 6.07) is 22.2. The molecule has 1 N–H and O–H groups in total. The number of amides is 1. The molecule has 3 aromatic carbocycles. The summed E-state index contributed by atoms with van der Waals surface area (Å²) in [6.45, 7) is 0.487. The zero-order valence-corrected chi connectivity index (χ0v) is 18.0. The highest BCUT2D eigenvalue weighted by molar-refractivity contribution is 5.94. The first-order chi connectivity index (χ1) is 15.6. The lowest BCUT2D eigenvalue weighted by atomic mass is 10.1. The van der Waals surface area contributed by atoms with Gasteiger partial charge in [0.2, 0.25) is 0 Å². The molecule has 0 saturated heterocycles. The molecule has 0 unspecified atom stereocenters. The summed E-state index contributed by atoms with van der Waals surface area (Å²) < 4.78 is 21.2. The third-order valence-electron chi connectivity index (χ3n) is 4.65.